The molecule has 0 radical (unpaired) electrons. The quantitative estimate of drug-likeness (QED) is 0.460. The van der Waals surface area contributed by atoms with Crippen molar-refractivity contribution >= 4 is 11.3 Å². The van der Waals surface area contributed by atoms with Gasteiger partial charge in [-0.1, -0.05) is 26.7 Å². The average molecular weight is 398 g/mol. The number of nitrogens with two attached hydrogens (primary N) is 1. The van der Waals surface area contributed by atoms with Crippen LogP contribution in [-0.2, 0) is 11.2 Å². The van der Waals surface area contributed by atoms with Crippen molar-refractivity contribution in [2.45, 2.75) is 65.9 Å². The van der Waals surface area contributed by atoms with Crippen LogP contribution in [0.5, 0.6) is 0 Å². The lowest BCUT2D eigenvalue weighted by atomic mass is 10.0. The van der Waals surface area contributed by atoms with Gasteiger partial charge < -0.3 is 14.9 Å². The standard InChI is InChI=1S/C24H32FN3O/c1-5-7-8-18(29-11-6-2)15-21-24(23-19(25)12-17(4)13-20(23)26)27-22-14-16(3)9-10-28(21)22/h9-10,12-14,18H,5-8,11,15,26H2,1-4H3. The van der Waals surface area contributed by atoms with Crippen LogP contribution < -0.4 is 5.73 Å². The molecule has 0 amide bonds. The second-order valence-electron chi connectivity index (χ2n) is 7.89. The highest BCUT2D eigenvalue weighted by Gasteiger charge is 2.23. The van der Waals surface area contributed by atoms with Crippen LogP contribution in [0.1, 0.15) is 56.4 Å². The van der Waals surface area contributed by atoms with Crippen LogP contribution in [0.4, 0.5) is 10.1 Å². The molecule has 2 aromatic heterocycles. The molecule has 2 N–H and O–H groups in total. The lowest BCUT2D eigenvalue weighted by molar-refractivity contribution is 0.0460. The number of aromatic nitrogens is 2. The van der Waals surface area contributed by atoms with E-state index in [1.165, 1.54) is 6.07 Å². The zero-order valence-corrected chi connectivity index (χ0v) is 18.0. The maximum atomic E-state index is 15.0. The van der Waals surface area contributed by atoms with Crippen molar-refractivity contribution in [1.29, 1.82) is 0 Å². The zero-order chi connectivity index (χ0) is 21.0. The molecule has 3 rings (SSSR count). The zero-order valence-electron chi connectivity index (χ0n) is 18.0. The fraction of sp³-hybridized carbons (Fsp3) is 0.458. The Morgan fingerprint density at radius 3 is 2.62 bits per heavy atom. The molecule has 29 heavy (non-hydrogen) atoms. The molecule has 2 heterocycles. The molecule has 1 unspecified atom stereocenters. The van der Waals surface area contributed by atoms with Gasteiger partial charge in [0.05, 0.1) is 23.1 Å². The van der Waals surface area contributed by atoms with Crippen molar-refractivity contribution in [3.8, 4) is 11.3 Å². The predicted octanol–water partition coefficient (Wildman–Crippen LogP) is 5.87. The summed E-state index contributed by atoms with van der Waals surface area (Å²) in [6.45, 7) is 8.89. The van der Waals surface area contributed by atoms with Crippen LogP contribution in [0.25, 0.3) is 16.9 Å². The molecule has 1 atom stereocenters. The molecule has 0 saturated carbocycles. The number of benzene rings is 1. The van der Waals surface area contributed by atoms with E-state index in [1.54, 1.807) is 6.07 Å². The van der Waals surface area contributed by atoms with Gasteiger partial charge in [-0.3, -0.25) is 0 Å². The summed E-state index contributed by atoms with van der Waals surface area (Å²) in [5, 5.41) is 0. The molecule has 0 aliphatic heterocycles. The number of unbranched alkanes of at least 4 members (excludes halogenated alkanes) is 1. The first kappa shape index (κ1) is 21.3. The Hall–Kier alpha value is -2.40. The highest BCUT2D eigenvalue weighted by atomic mass is 19.1. The van der Waals surface area contributed by atoms with E-state index in [-0.39, 0.29) is 11.9 Å². The van der Waals surface area contributed by atoms with Crippen LogP contribution in [0, 0.1) is 19.7 Å². The molecule has 156 valence electrons. The summed E-state index contributed by atoms with van der Waals surface area (Å²) in [4.78, 5) is 4.80. The minimum Gasteiger partial charge on any atom is -0.398 e. The third-order valence-electron chi connectivity index (χ3n) is 5.24. The number of fused-ring (bicyclic) bond motifs is 1. The van der Waals surface area contributed by atoms with Gasteiger partial charge in [0.2, 0.25) is 0 Å². The molecular weight excluding hydrogens is 365 g/mol. The van der Waals surface area contributed by atoms with E-state index < -0.39 is 0 Å². The molecule has 0 aliphatic rings. The Morgan fingerprint density at radius 1 is 1.14 bits per heavy atom. The van der Waals surface area contributed by atoms with Crippen molar-refractivity contribution in [3.05, 3.63) is 53.1 Å². The summed E-state index contributed by atoms with van der Waals surface area (Å²) in [6, 6.07) is 7.39. The molecule has 4 nitrogen and oxygen atoms in total. The summed E-state index contributed by atoms with van der Waals surface area (Å²) in [5.41, 5.74) is 11.3. The van der Waals surface area contributed by atoms with Crippen LogP contribution >= 0.6 is 0 Å². The topological polar surface area (TPSA) is 52.5 Å². The number of rotatable bonds is 9. The Morgan fingerprint density at radius 2 is 1.93 bits per heavy atom. The molecule has 3 aromatic rings. The number of anilines is 1. The largest absolute Gasteiger partial charge is 0.398 e. The minimum atomic E-state index is -0.330. The first-order valence-corrected chi connectivity index (χ1v) is 10.6. The summed E-state index contributed by atoms with van der Waals surface area (Å²) >= 11 is 0. The van der Waals surface area contributed by atoms with Crippen molar-refractivity contribution in [2.24, 2.45) is 0 Å². The van der Waals surface area contributed by atoms with E-state index in [4.69, 9.17) is 15.5 Å². The number of halogens is 1. The maximum absolute atomic E-state index is 15.0. The first-order chi connectivity index (χ1) is 13.9. The van der Waals surface area contributed by atoms with Crippen molar-refractivity contribution < 1.29 is 9.13 Å². The first-order valence-electron chi connectivity index (χ1n) is 10.6. The maximum Gasteiger partial charge on any atom is 0.137 e. The summed E-state index contributed by atoms with van der Waals surface area (Å²) < 4.78 is 23.2. The van der Waals surface area contributed by atoms with E-state index in [1.807, 2.05) is 32.2 Å². The predicted molar refractivity (Wildman–Crippen MR) is 118 cm³/mol. The van der Waals surface area contributed by atoms with Gasteiger partial charge >= 0.3 is 0 Å². The lowest BCUT2D eigenvalue weighted by Crippen LogP contribution is -2.18. The summed E-state index contributed by atoms with van der Waals surface area (Å²) in [5.74, 6) is -0.330. The van der Waals surface area contributed by atoms with Gasteiger partial charge in [-0.2, -0.15) is 0 Å². The summed E-state index contributed by atoms with van der Waals surface area (Å²) in [7, 11) is 0. The number of ether oxygens (including phenoxy) is 1. The number of aryl methyl sites for hydroxylation is 2. The Bertz CT molecular complexity index is 949. The van der Waals surface area contributed by atoms with Crippen LogP contribution in [0.3, 0.4) is 0 Å². The molecule has 0 saturated heterocycles. The van der Waals surface area contributed by atoms with Gasteiger partial charge in [0.25, 0.3) is 0 Å². The number of pyridine rings is 1. The third kappa shape index (κ3) is 4.78. The molecule has 0 aliphatic carbocycles. The van der Waals surface area contributed by atoms with Crippen molar-refractivity contribution in [2.75, 3.05) is 12.3 Å². The van der Waals surface area contributed by atoms with Crippen molar-refractivity contribution in [1.82, 2.24) is 9.38 Å². The number of hydrogen-bond acceptors (Lipinski definition) is 3. The number of hydrogen-bond donors (Lipinski definition) is 1. The molecular formula is C24H32FN3O. The van der Waals surface area contributed by atoms with Crippen LogP contribution in [0.15, 0.2) is 30.5 Å². The average Bonchev–Trinajstić information content (AvgIpc) is 3.00. The number of nitrogens with zero attached hydrogens (tertiary/aromatic N) is 2. The Kier molecular flexibility index (Phi) is 6.91. The van der Waals surface area contributed by atoms with E-state index in [9.17, 15) is 4.39 Å². The molecule has 0 fully saturated rings. The fourth-order valence-electron chi connectivity index (χ4n) is 3.79. The Labute approximate surface area is 172 Å². The smallest absolute Gasteiger partial charge is 0.137 e. The van der Waals surface area contributed by atoms with Gasteiger partial charge in [0.15, 0.2) is 0 Å². The molecule has 1 aromatic carbocycles. The molecule has 5 heteroatoms. The third-order valence-corrected chi connectivity index (χ3v) is 5.24. The number of imidazole rings is 1. The highest BCUT2D eigenvalue weighted by molar-refractivity contribution is 5.78. The van der Waals surface area contributed by atoms with Gasteiger partial charge in [-0.15, -0.1) is 0 Å². The lowest BCUT2D eigenvalue weighted by Gasteiger charge is -2.19. The fourth-order valence-corrected chi connectivity index (χ4v) is 3.79. The van der Waals surface area contributed by atoms with E-state index in [0.29, 0.717) is 23.4 Å². The van der Waals surface area contributed by atoms with E-state index in [2.05, 4.69) is 18.2 Å². The molecule has 0 spiro atoms. The molecule has 0 bridgehead atoms. The SMILES string of the molecule is CCCCC(Cc1c(-c2c(N)cc(C)cc2F)nc2cc(C)ccn12)OCCC. The highest BCUT2D eigenvalue weighted by Crippen LogP contribution is 2.34. The minimum absolute atomic E-state index is 0.0737. The van der Waals surface area contributed by atoms with Gasteiger partial charge in [-0.25, -0.2) is 9.37 Å². The van der Waals surface area contributed by atoms with E-state index >= 15 is 0 Å². The second-order valence-corrected chi connectivity index (χ2v) is 7.89. The monoisotopic (exact) mass is 397 g/mol. The van der Waals surface area contributed by atoms with E-state index in [0.717, 1.165) is 54.8 Å². The summed E-state index contributed by atoms with van der Waals surface area (Å²) in [6.07, 6.45) is 6.92. The number of nitrogen functional groups attached to an aromatic ring is 1. The van der Waals surface area contributed by atoms with Crippen LogP contribution in [-0.4, -0.2) is 22.1 Å². The second kappa shape index (κ2) is 9.40. The van der Waals surface area contributed by atoms with Crippen LogP contribution in [0.2, 0.25) is 0 Å². The van der Waals surface area contributed by atoms with Crippen molar-refractivity contribution in [3.63, 3.8) is 0 Å². The van der Waals surface area contributed by atoms with Gasteiger partial charge in [0.1, 0.15) is 11.5 Å². The van der Waals surface area contributed by atoms with Gasteiger partial charge in [0, 0.05) is 24.9 Å². The Balaban J connectivity index is 2.13. The van der Waals surface area contributed by atoms with Gasteiger partial charge in [-0.05, 0) is 62.1 Å². The normalized spacial score (nSPS) is 12.6.